The van der Waals surface area contributed by atoms with Crippen LogP contribution in [-0.4, -0.2) is 25.1 Å². The number of ether oxygens (including phenoxy) is 3. The smallest absolute Gasteiger partial charge is 0.347 e. The van der Waals surface area contributed by atoms with Crippen molar-refractivity contribution >= 4 is 22.5 Å². The van der Waals surface area contributed by atoms with Gasteiger partial charge in [0.1, 0.15) is 6.61 Å². The van der Waals surface area contributed by atoms with Gasteiger partial charge in [-0.3, -0.25) is 0 Å². The summed E-state index contributed by atoms with van der Waals surface area (Å²) in [6, 6.07) is 19.4. The molecule has 0 aliphatic carbocycles. The van der Waals surface area contributed by atoms with Gasteiger partial charge in [0.15, 0.2) is 11.5 Å². The van der Waals surface area contributed by atoms with Gasteiger partial charge in [0.2, 0.25) is 13.4 Å². The first kappa shape index (κ1) is 17.9. The van der Waals surface area contributed by atoms with E-state index in [1.807, 2.05) is 60.7 Å². The van der Waals surface area contributed by atoms with Crippen molar-refractivity contribution in [2.45, 2.75) is 13.5 Å². The number of fused-ring (bicyclic) bond motifs is 2. The molecule has 0 saturated carbocycles. The van der Waals surface area contributed by atoms with E-state index in [1.54, 1.807) is 6.92 Å². The van der Waals surface area contributed by atoms with Crippen LogP contribution in [0.15, 0.2) is 65.8 Å². The van der Waals surface area contributed by atoms with Crippen molar-refractivity contribution in [3.8, 4) is 11.5 Å². The van der Waals surface area contributed by atoms with Gasteiger partial charge in [0.25, 0.3) is 0 Å². The Morgan fingerprint density at radius 3 is 2.79 bits per heavy atom. The molecule has 3 aromatic rings. The van der Waals surface area contributed by atoms with Crippen molar-refractivity contribution in [1.29, 1.82) is 0 Å². The minimum Gasteiger partial charge on any atom is -0.458 e. The van der Waals surface area contributed by atoms with Crippen LogP contribution in [0.2, 0.25) is 0 Å². The van der Waals surface area contributed by atoms with E-state index >= 15 is 0 Å². The van der Waals surface area contributed by atoms with Crippen molar-refractivity contribution in [1.82, 2.24) is 0 Å². The third kappa shape index (κ3) is 3.91. The van der Waals surface area contributed by atoms with Crippen LogP contribution in [0.1, 0.15) is 18.1 Å². The number of rotatable bonds is 6. The van der Waals surface area contributed by atoms with E-state index in [2.05, 4.69) is 5.16 Å². The highest BCUT2D eigenvalue weighted by Crippen LogP contribution is 2.32. The van der Waals surface area contributed by atoms with Crippen LogP contribution in [0.5, 0.6) is 11.5 Å². The van der Waals surface area contributed by atoms with Gasteiger partial charge in [-0.05, 0) is 41.5 Å². The highest BCUT2D eigenvalue weighted by atomic mass is 16.7. The Morgan fingerprint density at radius 1 is 1.04 bits per heavy atom. The summed E-state index contributed by atoms with van der Waals surface area (Å²) >= 11 is 0. The molecule has 0 radical (unpaired) electrons. The SMILES string of the molecule is CC(=NOCC(=O)OCc1cccc2ccccc12)c1ccc2c(c1)OCO2. The zero-order chi connectivity index (χ0) is 19.3. The standard InChI is InChI=1S/C22H19NO5/c1-15(17-9-10-20-21(11-17)27-14-26-20)23-28-13-22(24)25-12-18-7-4-6-16-5-2-3-8-19(16)18/h2-11H,12-14H2,1H3. The molecule has 4 rings (SSSR count). The number of esters is 1. The molecule has 28 heavy (non-hydrogen) atoms. The Labute approximate surface area is 162 Å². The molecule has 6 heteroatoms. The largest absolute Gasteiger partial charge is 0.458 e. The van der Waals surface area contributed by atoms with Crippen LogP contribution in [-0.2, 0) is 21.0 Å². The molecule has 0 bridgehead atoms. The second-order valence-corrected chi connectivity index (χ2v) is 6.32. The molecule has 3 aromatic carbocycles. The molecule has 0 fully saturated rings. The number of carbonyl (C=O) groups excluding carboxylic acids is 1. The Kier molecular flexibility index (Phi) is 5.10. The fraction of sp³-hybridized carbons (Fsp3) is 0.182. The van der Waals surface area contributed by atoms with Gasteiger partial charge >= 0.3 is 5.97 Å². The van der Waals surface area contributed by atoms with Crippen LogP contribution < -0.4 is 9.47 Å². The first-order chi connectivity index (χ1) is 13.7. The molecule has 0 saturated heterocycles. The number of hydrogen-bond donors (Lipinski definition) is 0. The van der Waals surface area contributed by atoms with Gasteiger partial charge in [-0.25, -0.2) is 4.79 Å². The fourth-order valence-corrected chi connectivity index (χ4v) is 2.97. The average molecular weight is 377 g/mol. The van der Waals surface area contributed by atoms with E-state index in [9.17, 15) is 4.79 Å². The lowest BCUT2D eigenvalue weighted by atomic mass is 10.1. The number of nitrogens with zero attached hydrogens (tertiary/aromatic N) is 1. The summed E-state index contributed by atoms with van der Waals surface area (Å²) in [5.74, 6) is 0.895. The molecular formula is C22H19NO5. The van der Waals surface area contributed by atoms with Crippen molar-refractivity contribution in [3.63, 3.8) is 0 Å². The van der Waals surface area contributed by atoms with Crippen molar-refractivity contribution < 1.29 is 23.8 Å². The summed E-state index contributed by atoms with van der Waals surface area (Å²) in [5, 5.41) is 6.16. The lowest BCUT2D eigenvalue weighted by Gasteiger charge is -2.08. The quantitative estimate of drug-likeness (QED) is 0.368. The van der Waals surface area contributed by atoms with E-state index in [4.69, 9.17) is 19.0 Å². The van der Waals surface area contributed by atoms with Gasteiger partial charge < -0.3 is 19.0 Å². The zero-order valence-electron chi connectivity index (χ0n) is 15.4. The second-order valence-electron chi connectivity index (χ2n) is 6.32. The molecule has 0 spiro atoms. The zero-order valence-corrected chi connectivity index (χ0v) is 15.4. The predicted molar refractivity (Wildman–Crippen MR) is 104 cm³/mol. The number of oxime groups is 1. The maximum Gasteiger partial charge on any atom is 0.347 e. The summed E-state index contributed by atoms with van der Waals surface area (Å²) in [5.41, 5.74) is 2.40. The number of carbonyl (C=O) groups is 1. The van der Waals surface area contributed by atoms with Crippen LogP contribution in [0, 0.1) is 0 Å². The lowest BCUT2D eigenvalue weighted by molar-refractivity contribution is -0.150. The molecule has 0 amide bonds. The van der Waals surface area contributed by atoms with Crippen molar-refractivity contribution in [3.05, 3.63) is 71.8 Å². The van der Waals surface area contributed by atoms with Crippen LogP contribution >= 0.6 is 0 Å². The number of hydrogen-bond acceptors (Lipinski definition) is 6. The summed E-state index contributed by atoms with van der Waals surface area (Å²) in [6.07, 6.45) is 0. The minimum atomic E-state index is -0.477. The van der Waals surface area contributed by atoms with Gasteiger partial charge in [-0.1, -0.05) is 47.6 Å². The Hall–Kier alpha value is -3.54. The molecule has 142 valence electrons. The average Bonchev–Trinajstić information content (AvgIpc) is 3.20. The molecule has 0 unspecified atom stereocenters. The summed E-state index contributed by atoms with van der Waals surface area (Å²) in [6.45, 7) is 1.94. The molecule has 6 nitrogen and oxygen atoms in total. The molecule has 1 aliphatic rings. The number of benzene rings is 3. The van der Waals surface area contributed by atoms with Crippen LogP contribution in [0.25, 0.3) is 10.8 Å². The van der Waals surface area contributed by atoms with Crippen molar-refractivity contribution in [2.24, 2.45) is 5.16 Å². The summed E-state index contributed by atoms with van der Waals surface area (Å²) in [4.78, 5) is 17.1. The van der Waals surface area contributed by atoms with Gasteiger partial charge in [-0.15, -0.1) is 0 Å². The van der Waals surface area contributed by atoms with E-state index in [0.717, 1.165) is 21.9 Å². The first-order valence-electron chi connectivity index (χ1n) is 8.89. The normalized spacial score (nSPS) is 12.8. The first-order valence-corrected chi connectivity index (χ1v) is 8.89. The lowest BCUT2D eigenvalue weighted by Crippen LogP contribution is -2.11. The Balaban J connectivity index is 1.31. The maximum absolute atomic E-state index is 12.0. The Morgan fingerprint density at radius 2 is 1.86 bits per heavy atom. The van der Waals surface area contributed by atoms with E-state index in [1.165, 1.54) is 0 Å². The monoisotopic (exact) mass is 377 g/mol. The molecule has 0 N–H and O–H groups in total. The molecule has 1 aliphatic heterocycles. The third-order valence-corrected chi connectivity index (χ3v) is 4.44. The maximum atomic E-state index is 12.0. The summed E-state index contributed by atoms with van der Waals surface area (Å²) < 4.78 is 15.9. The Bertz CT molecular complexity index is 1040. The van der Waals surface area contributed by atoms with Crippen LogP contribution in [0.3, 0.4) is 0 Å². The fourth-order valence-electron chi connectivity index (χ4n) is 2.97. The van der Waals surface area contributed by atoms with E-state index in [-0.39, 0.29) is 20.0 Å². The van der Waals surface area contributed by atoms with E-state index < -0.39 is 5.97 Å². The third-order valence-electron chi connectivity index (χ3n) is 4.44. The molecular weight excluding hydrogens is 358 g/mol. The molecule has 0 aromatic heterocycles. The topological polar surface area (TPSA) is 66.4 Å². The highest BCUT2D eigenvalue weighted by Gasteiger charge is 2.14. The van der Waals surface area contributed by atoms with Crippen molar-refractivity contribution in [2.75, 3.05) is 13.4 Å². The highest BCUT2D eigenvalue weighted by molar-refractivity contribution is 5.99. The van der Waals surface area contributed by atoms with Gasteiger partial charge in [0.05, 0.1) is 5.71 Å². The van der Waals surface area contributed by atoms with Gasteiger partial charge in [0, 0.05) is 5.56 Å². The minimum absolute atomic E-state index is 0.189. The van der Waals surface area contributed by atoms with E-state index in [0.29, 0.717) is 17.2 Å². The second kappa shape index (κ2) is 8.00. The van der Waals surface area contributed by atoms with Crippen LogP contribution in [0.4, 0.5) is 0 Å². The predicted octanol–water partition coefficient (Wildman–Crippen LogP) is 4.05. The van der Waals surface area contributed by atoms with Gasteiger partial charge in [-0.2, -0.15) is 0 Å². The molecule has 0 atom stereocenters. The summed E-state index contributed by atoms with van der Waals surface area (Å²) in [7, 11) is 0. The molecule has 1 heterocycles.